The van der Waals surface area contributed by atoms with Crippen molar-refractivity contribution in [1.29, 1.82) is 0 Å². The lowest BCUT2D eigenvalue weighted by Crippen LogP contribution is -2.13. The summed E-state index contributed by atoms with van der Waals surface area (Å²) in [5, 5.41) is 6.51. The number of rotatable bonds is 4. The summed E-state index contributed by atoms with van der Waals surface area (Å²) in [5.74, 6) is 0. The molecule has 0 saturated heterocycles. The minimum absolute atomic E-state index is 0.768. The molecule has 2 heterocycles. The van der Waals surface area contributed by atoms with E-state index >= 15 is 0 Å². The Labute approximate surface area is 107 Å². The normalized spacial score (nSPS) is 10.6. The second-order valence-electron chi connectivity index (χ2n) is 3.43. The van der Waals surface area contributed by atoms with E-state index in [9.17, 15) is 0 Å². The molecule has 5 heteroatoms. The highest BCUT2D eigenvalue weighted by molar-refractivity contribution is 9.10. The molecule has 0 radical (unpaired) electrons. The predicted octanol–water partition coefficient (Wildman–Crippen LogP) is 2.90. The fourth-order valence-electron chi connectivity index (χ4n) is 1.32. The van der Waals surface area contributed by atoms with Gasteiger partial charge in [-0.05, 0) is 35.0 Å². The average molecular weight is 298 g/mol. The Balaban J connectivity index is 1.82. The van der Waals surface area contributed by atoms with Crippen LogP contribution in [0.15, 0.2) is 28.2 Å². The van der Waals surface area contributed by atoms with Crippen LogP contribution in [0.25, 0.3) is 0 Å². The van der Waals surface area contributed by atoms with Gasteiger partial charge in [-0.15, -0.1) is 11.3 Å². The number of aryl methyl sites for hydroxylation is 1. The number of hydrogen-bond acceptors (Lipinski definition) is 4. The van der Waals surface area contributed by atoms with E-state index in [0.29, 0.717) is 0 Å². The van der Waals surface area contributed by atoms with Gasteiger partial charge in [-0.3, -0.25) is 4.98 Å². The van der Waals surface area contributed by atoms with Gasteiger partial charge < -0.3 is 5.32 Å². The molecule has 0 bridgehead atoms. The lowest BCUT2D eigenvalue weighted by atomic mass is 10.3. The molecule has 0 aliphatic rings. The van der Waals surface area contributed by atoms with Crippen molar-refractivity contribution in [3.05, 3.63) is 44.6 Å². The van der Waals surface area contributed by atoms with Gasteiger partial charge in [0.05, 0.1) is 16.4 Å². The topological polar surface area (TPSA) is 37.8 Å². The van der Waals surface area contributed by atoms with Crippen LogP contribution >= 0.6 is 27.3 Å². The molecule has 3 nitrogen and oxygen atoms in total. The van der Waals surface area contributed by atoms with Gasteiger partial charge in [-0.2, -0.15) is 0 Å². The third-order valence-electron chi connectivity index (χ3n) is 2.07. The molecule has 0 aliphatic carbocycles. The maximum atomic E-state index is 4.38. The predicted molar refractivity (Wildman–Crippen MR) is 69.3 cm³/mol. The van der Waals surface area contributed by atoms with E-state index in [2.05, 4.69) is 36.6 Å². The molecule has 16 heavy (non-hydrogen) atoms. The van der Waals surface area contributed by atoms with Crippen molar-refractivity contribution in [3.63, 3.8) is 0 Å². The van der Waals surface area contributed by atoms with E-state index in [-0.39, 0.29) is 0 Å². The third kappa shape index (κ3) is 3.37. The Morgan fingerprint density at radius 1 is 1.31 bits per heavy atom. The van der Waals surface area contributed by atoms with Crippen LogP contribution in [0.5, 0.6) is 0 Å². The Kier molecular flexibility index (Phi) is 4.04. The van der Waals surface area contributed by atoms with Crippen molar-refractivity contribution in [2.45, 2.75) is 20.0 Å². The van der Waals surface area contributed by atoms with Gasteiger partial charge in [0, 0.05) is 29.1 Å². The Bertz CT molecular complexity index is 453. The van der Waals surface area contributed by atoms with Crippen LogP contribution in [-0.4, -0.2) is 9.97 Å². The van der Waals surface area contributed by atoms with Crippen LogP contribution in [0.2, 0.25) is 0 Å². The van der Waals surface area contributed by atoms with Crippen molar-refractivity contribution < 1.29 is 0 Å². The number of pyridine rings is 1. The molecule has 0 saturated carbocycles. The maximum Gasteiger partial charge on any atom is 0.0897 e. The lowest BCUT2D eigenvalue weighted by molar-refractivity contribution is 0.669. The summed E-state index contributed by atoms with van der Waals surface area (Å²) in [6.45, 7) is 3.58. The van der Waals surface area contributed by atoms with Crippen molar-refractivity contribution in [2.75, 3.05) is 0 Å². The first-order chi connectivity index (χ1) is 7.74. The number of aromatic nitrogens is 2. The number of thiazole rings is 1. The van der Waals surface area contributed by atoms with Gasteiger partial charge in [-0.1, -0.05) is 0 Å². The van der Waals surface area contributed by atoms with Crippen molar-refractivity contribution in [1.82, 2.24) is 15.3 Å². The fraction of sp³-hybridized carbons (Fsp3) is 0.273. The lowest BCUT2D eigenvalue weighted by Gasteiger charge is -2.02. The molecular weight excluding hydrogens is 286 g/mol. The summed E-state index contributed by atoms with van der Waals surface area (Å²) in [6.07, 6.45) is 1.81. The van der Waals surface area contributed by atoms with E-state index in [0.717, 1.165) is 34.0 Å². The minimum atomic E-state index is 0.768. The van der Waals surface area contributed by atoms with E-state index in [4.69, 9.17) is 0 Å². The van der Waals surface area contributed by atoms with E-state index < -0.39 is 0 Å². The van der Waals surface area contributed by atoms with Gasteiger partial charge in [-0.25, -0.2) is 4.98 Å². The number of nitrogens with zero attached hydrogens (tertiary/aromatic N) is 2. The van der Waals surface area contributed by atoms with Crippen LogP contribution < -0.4 is 5.32 Å². The highest BCUT2D eigenvalue weighted by Gasteiger charge is 1.98. The number of nitrogens with one attached hydrogen (secondary N) is 1. The van der Waals surface area contributed by atoms with Gasteiger partial charge in [0.1, 0.15) is 0 Å². The van der Waals surface area contributed by atoms with Crippen molar-refractivity contribution in [3.8, 4) is 0 Å². The third-order valence-corrected chi connectivity index (χ3v) is 3.36. The van der Waals surface area contributed by atoms with Crippen LogP contribution in [0.3, 0.4) is 0 Å². The van der Waals surface area contributed by atoms with Crippen LogP contribution in [0.1, 0.15) is 16.4 Å². The zero-order chi connectivity index (χ0) is 11.4. The molecular formula is C11H12BrN3S. The summed E-state index contributed by atoms with van der Waals surface area (Å²) in [7, 11) is 0. The first-order valence-corrected chi connectivity index (χ1v) is 6.63. The SMILES string of the molecule is Cc1nc(CNCc2ccc(Br)cn2)cs1. The van der Waals surface area contributed by atoms with Gasteiger partial charge in [0.15, 0.2) is 0 Å². The zero-order valence-corrected chi connectivity index (χ0v) is 11.3. The van der Waals surface area contributed by atoms with Crippen LogP contribution in [0.4, 0.5) is 0 Å². The molecule has 84 valence electrons. The second-order valence-corrected chi connectivity index (χ2v) is 5.41. The summed E-state index contributed by atoms with van der Waals surface area (Å²) in [6, 6.07) is 4.00. The Morgan fingerprint density at radius 2 is 2.12 bits per heavy atom. The fourth-order valence-corrected chi connectivity index (χ4v) is 2.17. The minimum Gasteiger partial charge on any atom is -0.305 e. The Hall–Kier alpha value is -0.780. The maximum absolute atomic E-state index is 4.38. The van der Waals surface area contributed by atoms with Crippen molar-refractivity contribution >= 4 is 27.3 Å². The molecule has 0 amide bonds. The largest absolute Gasteiger partial charge is 0.305 e. The van der Waals surface area contributed by atoms with Crippen LogP contribution in [0, 0.1) is 6.92 Å². The molecule has 2 aromatic heterocycles. The first-order valence-electron chi connectivity index (χ1n) is 4.96. The molecule has 0 aromatic carbocycles. The van der Waals surface area contributed by atoms with Crippen LogP contribution in [-0.2, 0) is 13.1 Å². The van der Waals surface area contributed by atoms with E-state index in [1.807, 2.05) is 25.3 Å². The number of hydrogen-bond donors (Lipinski definition) is 1. The highest BCUT2D eigenvalue weighted by Crippen LogP contribution is 2.09. The van der Waals surface area contributed by atoms with E-state index in [1.54, 1.807) is 11.3 Å². The molecule has 0 aliphatic heterocycles. The first kappa shape index (κ1) is 11.7. The molecule has 1 N–H and O–H groups in total. The molecule has 0 spiro atoms. The van der Waals surface area contributed by atoms with Gasteiger partial charge in [0.2, 0.25) is 0 Å². The second kappa shape index (κ2) is 5.52. The molecule has 0 fully saturated rings. The quantitative estimate of drug-likeness (QED) is 0.943. The Morgan fingerprint density at radius 3 is 2.75 bits per heavy atom. The van der Waals surface area contributed by atoms with Crippen molar-refractivity contribution in [2.24, 2.45) is 0 Å². The summed E-state index contributed by atoms with van der Waals surface area (Å²) < 4.78 is 1.01. The summed E-state index contributed by atoms with van der Waals surface area (Å²) in [4.78, 5) is 8.67. The molecule has 0 unspecified atom stereocenters. The van der Waals surface area contributed by atoms with Gasteiger partial charge in [0.25, 0.3) is 0 Å². The highest BCUT2D eigenvalue weighted by atomic mass is 79.9. The molecule has 0 atom stereocenters. The molecule has 2 aromatic rings. The summed E-state index contributed by atoms with van der Waals surface area (Å²) >= 11 is 5.04. The monoisotopic (exact) mass is 297 g/mol. The van der Waals surface area contributed by atoms with E-state index in [1.165, 1.54) is 0 Å². The number of halogens is 1. The zero-order valence-electron chi connectivity index (χ0n) is 8.90. The average Bonchev–Trinajstić information content (AvgIpc) is 2.67. The molecule has 2 rings (SSSR count). The van der Waals surface area contributed by atoms with Gasteiger partial charge >= 0.3 is 0 Å². The summed E-state index contributed by atoms with van der Waals surface area (Å²) in [5.41, 5.74) is 2.13. The standard InChI is InChI=1S/C11H12BrN3S/c1-8-15-11(7-16-8)6-13-5-10-3-2-9(12)4-14-10/h2-4,7,13H,5-6H2,1H3. The smallest absolute Gasteiger partial charge is 0.0897 e.